The van der Waals surface area contributed by atoms with Crippen molar-refractivity contribution < 1.29 is 28.7 Å². The molecule has 0 unspecified atom stereocenters. The van der Waals surface area contributed by atoms with Crippen LogP contribution in [0.15, 0.2) is 0 Å². The third kappa shape index (κ3) is 14.4. The summed E-state index contributed by atoms with van der Waals surface area (Å²) in [7, 11) is -1.78. The van der Waals surface area contributed by atoms with Crippen LogP contribution >= 0.6 is 8.60 Å². The summed E-state index contributed by atoms with van der Waals surface area (Å²) in [4.78, 5) is 14.9. The summed E-state index contributed by atoms with van der Waals surface area (Å²) in [6.07, 6.45) is 5.83. The van der Waals surface area contributed by atoms with Crippen LogP contribution in [0.3, 0.4) is 0 Å². The minimum atomic E-state index is -1.78. The first-order valence-corrected chi connectivity index (χ1v) is 8.13. The van der Waals surface area contributed by atoms with Crippen molar-refractivity contribution in [1.29, 1.82) is 0 Å². The van der Waals surface area contributed by atoms with Gasteiger partial charge in [-0.1, -0.05) is 40.0 Å². The zero-order chi connectivity index (χ0) is 14.2. The summed E-state index contributed by atoms with van der Waals surface area (Å²) in [5, 5.41) is 0. The fourth-order valence-electron chi connectivity index (χ4n) is 0.888. The minimum Gasteiger partial charge on any atom is -0.229 e. The summed E-state index contributed by atoms with van der Waals surface area (Å²) in [5.74, 6) is 0. The number of unbranched alkanes of at least 4 members (excludes halogenated alkanes) is 3. The highest BCUT2D eigenvalue weighted by Crippen LogP contribution is 2.40. The fraction of sp³-hybridized carbons (Fsp3) is 1.00. The van der Waals surface area contributed by atoms with Crippen LogP contribution in [0, 0.1) is 0 Å². The molecule has 0 saturated heterocycles. The Morgan fingerprint density at radius 1 is 0.579 bits per heavy atom. The number of hydrogen-bond acceptors (Lipinski definition) is 6. The Bertz CT molecular complexity index is 144. The van der Waals surface area contributed by atoms with Crippen molar-refractivity contribution >= 4 is 8.60 Å². The fourth-order valence-corrected chi connectivity index (χ4v) is 1.44. The van der Waals surface area contributed by atoms with E-state index in [2.05, 4.69) is 20.8 Å². The van der Waals surface area contributed by atoms with Crippen LogP contribution in [0.2, 0.25) is 0 Å². The molecule has 0 aliphatic rings. The highest BCUT2D eigenvalue weighted by Gasteiger charge is 2.17. The normalized spacial score (nSPS) is 11.4. The van der Waals surface area contributed by atoms with Gasteiger partial charge in [-0.3, -0.25) is 0 Å². The van der Waals surface area contributed by atoms with E-state index in [1.807, 2.05) is 0 Å². The molecule has 0 N–H and O–H groups in total. The van der Waals surface area contributed by atoms with E-state index in [0.717, 1.165) is 38.5 Å². The van der Waals surface area contributed by atoms with Crippen molar-refractivity contribution in [3.63, 3.8) is 0 Å². The van der Waals surface area contributed by atoms with Crippen LogP contribution in [0.5, 0.6) is 0 Å². The average molecular weight is 298 g/mol. The van der Waals surface area contributed by atoms with E-state index in [1.165, 1.54) is 0 Å². The number of rotatable bonds is 15. The van der Waals surface area contributed by atoms with E-state index in [1.54, 1.807) is 0 Å². The van der Waals surface area contributed by atoms with E-state index in [4.69, 9.17) is 28.7 Å². The van der Waals surface area contributed by atoms with Gasteiger partial charge in [0.1, 0.15) is 0 Å². The molecule has 0 bridgehead atoms. The van der Waals surface area contributed by atoms with Gasteiger partial charge in [0.15, 0.2) is 0 Å². The summed E-state index contributed by atoms with van der Waals surface area (Å²) in [6.45, 7) is 7.69. The lowest BCUT2D eigenvalue weighted by atomic mass is 10.4. The molecule has 0 aliphatic carbocycles. The Morgan fingerprint density at radius 2 is 0.895 bits per heavy atom. The third-order valence-electron chi connectivity index (χ3n) is 2.08. The standard InChI is InChI=1S/C12H27O6P/c1-4-7-10-13-16-19(17-14-11-8-5-2)18-15-12-9-6-3/h4-12H2,1-3H3. The van der Waals surface area contributed by atoms with Crippen molar-refractivity contribution in [2.24, 2.45) is 0 Å². The van der Waals surface area contributed by atoms with Gasteiger partial charge in [0, 0.05) is 0 Å². The minimum absolute atomic E-state index is 0.492. The Morgan fingerprint density at radius 3 is 1.16 bits per heavy atom. The third-order valence-corrected chi connectivity index (χ3v) is 2.77. The second-order valence-corrected chi connectivity index (χ2v) is 4.87. The van der Waals surface area contributed by atoms with Gasteiger partial charge in [0.05, 0.1) is 19.8 Å². The van der Waals surface area contributed by atoms with Crippen molar-refractivity contribution in [1.82, 2.24) is 0 Å². The van der Waals surface area contributed by atoms with Crippen molar-refractivity contribution in [2.75, 3.05) is 19.8 Å². The number of hydrogen-bond donors (Lipinski definition) is 0. The second kappa shape index (κ2) is 16.2. The molecule has 0 spiro atoms. The summed E-state index contributed by atoms with van der Waals surface area (Å²) in [5.41, 5.74) is 0. The topological polar surface area (TPSA) is 55.4 Å². The summed E-state index contributed by atoms with van der Waals surface area (Å²) < 4.78 is 14.9. The predicted molar refractivity (Wildman–Crippen MR) is 72.8 cm³/mol. The first-order valence-electron chi connectivity index (χ1n) is 7.04. The van der Waals surface area contributed by atoms with Crippen molar-refractivity contribution in [3.8, 4) is 0 Å². The van der Waals surface area contributed by atoms with E-state index >= 15 is 0 Å². The highest BCUT2D eigenvalue weighted by molar-refractivity contribution is 7.41. The molecule has 0 aliphatic heterocycles. The van der Waals surface area contributed by atoms with Gasteiger partial charge in [-0.05, 0) is 19.3 Å². The Balaban J connectivity index is 3.66. The van der Waals surface area contributed by atoms with Crippen LogP contribution < -0.4 is 0 Å². The van der Waals surface area contributed by atoms with Crippen molar-refractivity contribution in [2.45, 2.75) is 59.3 Å². The van der Waals surface area contributed by atoms with Crippen LogP contribution in [0.4, 0.5) is 0 Å². The Hall–Kier alpha value is 0.190. The van der Waals surface area contributed by atoms with E-state index in [0.29, 0.717) is 19.8 Å². The monoisotopic (exact) mass is 298 g/mol. The molecule has 0 rings (SSSR count). The molecule has 19 heavy (non-hydrogen) atoms. The van der Waals surface area contributed by atoms with Gasteiger partial charge < -0.3 is 0 Å². The van der Waals surface area contributed by atoms with E-state index in [9.17, 15) is 0 Å². The van der Waals surface area contributed by atoms with Gasteiger partial charge in [-0.2, -0.15) is 0 Å². The molecule has 0 aromatic rings. The van der Waals surface area contributed by atoms with Crippen LogP contribution in [0.25, 0.3) is 0 Å². The maximum Gasteiger partial charge on any atom is 0.421 e. The zero-order valence-electron chi connectivity index (χ0n) is 12.3. The quantitative estimate of drug-likeness (QED) is 0.192. The zero-order valence-corrected chi connectivity index (χ0v) is 13.2. The largest absolute Gasteiger partial charge is 0.421 e. The lowest BCUT2D eigenvalue weighted by molar-refractivity contribution is -0.311. The van der Waals surface area contributed by atoms with Gasteiger partial charge in [-0.15, -0.1) is 14.0 Å². The molecule has 0 fully saturated rings. The maximum atomic E-state index is 4.97. The molecule has 116 valence electrons. The Kier molecular flexibility index (Phi) is 16.4. The molecule has 0 saturated carbocycles. The maximum absolute atomic E-state index is 4.97. The van der Waals surface area contributed by atoms with Gasteiger partial charge >= 0.3 is 8.60 Å². The lowest BCUT2D eigenvalue weighted by Crippen LogP contribution is -2.02. The molecule has 0 radical (unpaired) electrons. The van der Waals surface area contributed by atoms with Crippen molar-refractivity contribution in [3.05, 3.63) is 0 Å². The van der Waals surface area contributed by atoms with Gasteiger partial charge in [0.25, 0.3) is 0 Å². The molecular formula is C12H27O6P. The molecule has 0 heterocycles. The van der Waals surface area contributed by atoms with Crippen LogP contribution in [-0.2, 0) is 28.7 Å². The SMILES string of the molecule is CCCCOOP(OOCCCC)OOCCCC. The first kappa shape index (κ1) is 19.2. The van der Waals surface area contributed by atoms with Gasteiger partial charge in [0.2, 0.25) is 0 Å². The second-order valence-electron chi connectivity index (χ2n) is 3.97. The Labute approximate surface area is 117 Å². The average Bonchev–Trinajstić information content (AvgIpc) is 2.43. The van der Waals surface area contributed by atoms with Crippen LogP contribution in [0.1, 0.15) is 59.3 Å². The predicted octanol–water partition coefficient (Wildman–Crippen LogP) is 4.46. The molecular weight excluding hydrogens is 271 g/mol. The smallest absolute Gasteiger partial charge is 0.229 e. The van der Waals surface area contributed by atoms with E-state index < -0.39 is 8.60 Å². The van der Waals surface area contributed by atoms with Crippen LogP contribution in [-0.4, -0.2) is 19.8 Å². The lowest BCUT2D eigenvalue weighted by Gasteiger charge is -2.13. The molecule has 0 atom stereocenters. The highest BCUT2D eigenvalue weighted by atomic mass is 31.2. The summed E-state index contributed by atoms with van der Waals surface area (Å²) in [6, 6.07) is 0. The molecule has 0 aromatic heterocycles. The van der Waals surface area contributed by atoms with E-state index in [-0.39, 0.29) is 0 Å². The first-order chi connectivity index (χ1) is 9.35. The van der Waals surface area contributed by atoms with Gasteiger partial charge in [-0.25, -0.2) is 14.7 Å². The molecule has 0 amide bonds. The summed E-state index contributed by atoms with van der Waals surface area (Å²) >= 11 is 0. The molecule has 7 heteroatoms. The molecule has 0 aromatic carbocycles. The molecule has 6 nitrogen and oxygen atoms in total.